The van der Waals surface area contributed by atoms with Crippen LogP contribution in [0, 0.1) is 5.92 Å². The zero-order valence-corrected chi connectivity index (χ0v) is 16.0. The molecule has 1 saturated heterocycles. The summed E-state index contributed by atoms with van der Waals surface area (Å²) >= 11 is 0. The van der Waals surface area contributed by atoms with E-state index in [-0.39, 0.29) is 42.4 Å². The highest BCUT2D eigenvalue weighted by Gasteiger charge is 2.28. The summed E-state index contributed by atoms with van der Waals surface area (Å²) in [6.07, 6.45) is 3.42. The van der Waals surface area contributed by atoms with E-state index in [1.54, 1.807) is 0 Å². The molecule has 0 aliphatic carbocycles. The van der Waals surface area contributed by atoms with Gasteiger partial charge in [-0.15, -0.1) is 10.2 Å². The topological polar surface area (TPSA) is 169 Å². The number of aromatic nitrogens is 2. The fourth-order valence-electron chi connectivity index (χ4n) is 2.92. The normalized spacial score (nSPS) is 17.0. The molecule has 1 fully saturated rings. The summed E-state index contributed by atoms with van der Waals surface area (Å²) in [6, 6.07) is -1.30. The maximum Gasteiger partial charge on any atom is 0.305 e. The van der Waals surface area contributed by atoms with E-state index in [4.69, 9.17) is 21.0 Å². The molecule has 1 amide bonds. The minimum absolute atomic E-state index is 0. The van der Waals surface area contributed by atoms with Gasteiger partial charge in [-0.3, -0.25) is 9.59 Å². The molecule has 11 heteroatoms. The first-order valence-corrected chi connectivity index (χ1v) is 9.03. The van der Waals surface area contributed by atoms with Gasteiger partial charge in [0.1, 0.15) is 6.04 Å². The molecule has 0 saturated carbocycles. The maximum atomic E-state index is 12.4. The van der Waals surface area contributed by atoms with Crippen LogP contribution in [0.2, 0.25) is 0 Å². The Kier molecular flexibility index (Phi) is 10.2. The molecular formula is C16H28ClN6O4-. The van der Waals surface area contributed by atoms with E-state index in [2.05, 4.69) is 20.8 Å². The molecule has 10 nitrogen and oxygen atoms in total. The lowest BCUT2D eigenvalue weighted by Gasteiger charge is -2.23. The molecule has 2 atom stereocenters. The molecule has 1 aromatic rings. The molecule has 1 aliphatic heterocycles. The lowest BCUT2D eigenvalue weighted by Crippen LogP contribution is -3.00. The fraction of sp³-hybridized carbons (Fsp3) is 0.750. The molecule has 0 spiro atoms. The Bertz CT molecular complexity index is 593. The van der Waals surface area contributed by atoms with E-state index < -0.39 is 18.1 Å². The number of nitrogens with two attached hydrogens (primary N) is 2. The average molecular weight is 404 g/mol. The van der Waals surface area contributed by atoms with Gasteiger partial charge < -0.3 is 44.0 Å². The molecule has 1 aliphatic rings. The third kappa shape index (κ3) is 7.41. The van der Waals surface area contributed by atoms with E-state index >= 15 is 0 Å². The molecule has 0 bridgehead atoms. The Labute approximate surface area is 164 Å². The number of hydrogen-bond donors (Lipinski definition) is 5. The van der Waals surface area contributed by atoms with Crippen molar-refractivity contribution < 1.29 is 31.5 Å². The molecule has 0 unspecified atom stereocenters. The second-order valence-corrected chi connectivity index (χ2v) is 6.55. The minimum atomic E-state index is -1.06. The largest absolute Gasteiger partial charge is 1.00 e. The first-order chi connectivity index (χ1) is 12.5. The number of nitrogens with zero attached hydrogens (tertiary/aromatic N) is 2. The predicted octanol–water partition coefficient (Wildman–Crippen LogP) is -3.17. The lowest BCUT2D eigenvalue weighted by molar-refractivity contribution is -0.138. The van der Waals surface area contributed by atoms with Crippen molar-refractivity contribution in [3.63, 3.8) is 0 Å². The predicted molar refractivity (Wildman–Crippen MR) is 92.9 cm³/mol. The van der Waals surface area contributed by atoms with Crippen LogP contribution in [0.5, 0.6) is 0 Å². The van der Waals surface area contributed by atoms with Gasteiger partial charge in [0.2, 0.25) is 17.7 Å². The molecule has 1 aromatic heterocycles. The number of carboxylic acid groups (broad SMARTS) is 1. The number of nitrogens with one attached hydrogen (secondary N) is 2. The van der Waals surface area contributed by atoms with Crippen molar-refractivity contribution in [3.8, 4) is 0 Å². The van der Waals surface area contributed by atoms with Crippen molar-refractivity contribution in [2.45, 2.75) is 50.6 Å². The zero-order valence-electron chi connectivity index (χ0n) is 15.2. The van der Waals surface area contributed by atoms with Crippen LogP contribution in [0.1, 0.15) is 62.4 Å². The highest BCUT2D eigenvalue weighted by molar-refractivity contribution is 5.80. The van der Waals surface area contributed by atoms with E-state index in [1.807, 2.05) is 0 Å². The second kappa shape index (κ2) is 11.9. The van der Waals surface area contributed by atoms with E-state index in [0.29, 0.717) is 25.8 Å². The molecule has 27 heavy (non-hydrogen) atoms. The molecular weight excluding hydrogens is 376 g/mol. The van der Waals surface area contributed by atoms with Gasteiger partial charge in [0, 0.05) is 5.92 Å². The number of carboxylic acids is 1. The molecule has 0 aromatic carbocycles. The van der Waals surface area contributed by atoms with Crippen molar-refractivity contribution in [1.29, 1.82) is 0 Å². The number of amides is 1. The van der Waals surface area contributed by atoms with E-state index in [1.165, 1.54) is 0 Å². The summed E-state index contributed by atoms with van der Waals surface area (Å²) < 4.78 is 5.56. The zero-order chi connectivity index (χ0) is 18.9. The van der Waals surface area contributed by atoms with Crippen LogP contribution in [0.25, 0.3) is 0 Å². The highest BCUT2D eigenvalue weighted by Crippen LogP contribution is 2.22. The van der Waals surface area contributed by atoms with Crippen LogP contribution >= 0.6 is 0 Å². The van der Waals surface area contributed by atoms with Crippen molar-refractivity contribution in [1.82, 2.24) is 20.8 Å². The first kappa shape index (κ1) is 23.3. The van der Waals surface area contributed by atoms with Crippen molar-refractivity contribution >= 4 is 11.9 Å². The van der Waals surface area contributed by atoms with Gasteiger partial charge >= 0.3 is 5.97 Å². The number of unbranched alkanes of at least 4 members (excludes halogenated alkanes) is 1. The number of halogens is 1. The van der Waals surface area contributed by atoms with Crippen LogP contribution in [0.3, 0.4) is 0 Å². The van der Waals surface area contributed by atoms with Crippen LogP contribution in [-0.2, 0) is 9.59 Å². The summed E-state index contributed by atoms with van der Waals surface area (Å²) in [6.45, 7) is 2.12. The van der Waals surface area contributed by atoms with Gasteiger partial charge in [0.25, 0.3) is 0 Å². The monoisotopic (exact) mass is 403 g/mol. The van der Waals surface area contributed by atoms with Crippen molar-refractivity contribution in [2.75, 3.05) is 19.6 Å². The van der Waals surface area contributed by atoms with Crippen LogP contribution < -0.4 is 34.5 Å². The number of aliphatic carboxylic acids is 1. The van der Waals surface area contributed by atoms with Gasteiger partial charge in [-0.2, -0.15) is 0 Å². The lowest BCUT2D eigenvalue weighted by atomic mass is 9.96. The van der Waals surface area contributed by atoms with Gasteiger partial charge in [0.05, 0.1) is 12.5 Å². The Hall–Kier alpha value is -1.75. The van der Waals surface area contributed by atoms with Gasteiger partial charge in [0.15, 0.2) is 0 Å². The number of rotatable bonds is 10. The summed E-state index contributed by atoms with van der Waals surface area (Å²) in [7, 11) is 0. The first-order valence-electron chi connectivity index (χ1n) is 9.03. The Morgan fingerprint density at radius 1 is 1.26 bits per heavy atom. The SMILES string of the molecule is NCCCC[C@H](N)c1nnc([C@H](CC(=O)O)NC(=O)C2CCNCC2)o1.[Cl-]. The van der Waals surface area contributed by atoms with Gasteiger partial charge in [-0.25, -0.2) is 0 Å². The standard InChI is InChI=1S/C16H28N6O4.ClH/c17-6-2-1-3-11(18)15-21-22-16(26-15)12(9-13(23)24)20-14(25)10-4-7-19-8-5-10;/h10-12,19H,1-9,17-18H2,(H,20,25)(H,23,24);1H/p-1/t11-,12-;/m0./s1. The maximum absolute atomic E-state index is 12.4. The van der Waals surface area contributed by atoms with E-state index in [9.17, 15) is 9.59 Å². The van der Waals surface area contributed by atoms with Crippen molar-refractivity contribution in [3.05, 3.63) is 11.8 Å². The summed E-state index contributed by atoms with van der Waals surface area (Å²) in [5, 5.41) is 22.9. The number of piperidine rings is 1. The molecule has 7 N–H and O–H groups in total. The summed E-state index contributed by atoms with van der Waals surface area (Å²) in [5.41, 5.74) is 11.5. The average Bonchev–Trinajstić information content (AvgIpc) is 3.12. The third-order valence-corrected chi connectivity index (χ3v) is 4.45. The Morgan fingerprint density at radius 3 is 2.56 bits per heavy atom. The number of carbonyl (C=O) groups is 2. The number of hydrogen-bond acceptors (Lipinski definition) is 8. The van der Waals surface area contributed by atoms with Crippen LogP contribution in [-0.4, -0.2) is 46.8 Å². The summed E-state index contributed by atoms with van der Waals surface area (Å²) in [4.78, 5) is 23.6. The quantitative estimate of drug-likeness (QED) is 0.253. The van der Waals surface area contributed by atoms with Crippen molar-refractivity contribution in [2.24, 2.45) is 17.4 Å². The van der Waals surface area contributed by atoms with Crippen LogP contribution in [0.15, 0.2) is 4.42 Å². The summed E-state index contributed by atoms with van der Waals surface area (Å²) in [5.74, 6) is -1.09. The fourth-order valence-corrected chi connectivity index (χ4v) is 2.92. The minimum Gasteiger partial charge on any atom is -1.00 e. The van der Waals surface area contributed by atoms with Gasteiger partial charge in [-0.05, 0) is 45.3 Å². The van der Waals surface area contributed by atoms with Crippen LogP contribution in [0.4, 0.5) is 0 Å². The molecule has 154 valence electrons. The Balaban J connectivity index is 0.00000364. The second-order valence-electron chi connectivity index (χ2n) is 6.55. The van der Waals surface area contributed by atoms with E-state index in [0.717, 1.165) is 25.9 Å². The third-order valence-electron chi connectivity index (χ3n) is 4.45. The smallest absolute Gasteiger partial charge is 0.305 e. The molecule has 2 rings (SSSR count). The number of carbonyl (C=O) groups excluding carboxylic acids is 1. The van der Waals surface area contributed by atoms with Gasteiger partial charge in [-0.1, -0.05) is 6.42 Å². The highest BCUT2D eigenvalue weighted by atomic mass is 35.5. The Morgan fingerprint density at radius 2 is 1.93 bits per heavy atom. The molecule has 2 heterocycles. The molecule has 0 radical (unpaired) electrons.